The molecule has 0 unspecified atom stereocenters. The third kappa shape index (κ3) is 2.66. The van der Waals surface area contributed by atoms with Crippen LogP contribution >= 0.6 is 11.6 Å². The van der Waals surface area contributed by atoms with E-state index in [0.717, 1.165) is 18.9 Å². The Kier molecular flexibility index (Phi) is 3.64. The van der Waals surface area contributed by atoms with Gasteiger partial charge in [-0.05, 0) is 25.0 Å². The van der Waals surface area contributed by atoms with Crippen LogP contribution in [0.4, 0.5) is 4.39 Å². The summed E-state index contributed by atoms with van der Waals surface area (Å²) in [6.45, 7) is 0.0331. The summed E-state index contributed by atoms with van der Waals surface area (Å²) in [4.78, 5) is -0.469. The molecule has 1 aromatic rings. The molecule has 0 saturated heterocycles. The van der Waals surface area contributed by atoms with Crippen molar-refractivity contribution in [3.63, 3.8) is 0 Å². The van der Waals surface area contributed by atoms with E-state index in [2.05, 4.69) is 4.72 Å². The van der Waals surface area contributed by atoms with Gasteiger partial charge in [0, 0.05) is 18.6 Å². The van der Waals surface area contributed by atoms with Crippen LogP contribution in [0.2, 0.25) is 5.02 Å². The van der Waals surface area contributed by atoms with Gasteiger partial charge in [0.25, 0.3) is 0 Å². The quantitative estimate of drug-likeness (QED) is 0.865. The average molecular weight is 294 g/mol. The molecule has 2 rings (SSSR count). The predicted molar refractivity (Wildman–Crippen MR) is 65.4 cm³/mol. The number of nitrogens with one attached hydrogen (secondary N) is 1. The minimum Gasteiger partial charge on any atom is -0.396 e. The highest BCUT2D eigenvalue weighted by Crippen LogP contribution is 2.44. The van der Waals surface area contributed by atoms with Gasteiger partial charge in [-0.1, -0.05) is 17.7 Å². The highest BCUT2D eigenvalue weighted by Gasteiger charge is 2.42. The first kappa shape index (κ1) is 13.7. The molecular weight excluding hydrogens is 281 g/mol. The molecule has 0 heterocycles. The van der Waals surface area contributed by atoms with Gasteiger partial charge in [0.1, 0.15) is 4.90 Å². The molecule has 1 saturated carbocycles. The van der Waals surface area contributed by atoms with E-state index >= 15 is 0 Å². The first-order valence-corrected chi connectivity index (χ1v) is 7.31. The fourth-order valence-corrected chi connectivity index (χ4v) is 3.07. The molecule has 0 atom stereocenters. The Morgan fingerprint density at radius 2 is 2.11 bits per heavy atom. The maximum Gasteiger partial charge on any atom is 0.243 e. The van der Waals surface area contributed by atoms with Crippen LogP contribution in [-0.2, 0) is 10.0 Å². The minimum absolute atomic E-state index is 0.0758. The number of aliphatic hydroxyl groups excluding tert-OH is 1. The van der Waals surface area contributed by atoms with E-state index in [9.17, 15) is 12.8 Å². The third-order valence-electron chi connectivity index (χ3n) is 3.14. The van der Waals surface area contributed by atoms with Crippen molar-refractivity contribution in [2.45, 2.75) is 17.7 Å². The van der Waals surface area contributed by atoms with Crippen molar-refractivity contribution in [3.8, 4) is 0 Å². The molecule has 0 radical (unpaired) electrons. The number of rotatable bonds is 5. The van der Waals surface area contributed by atoms with Crippen molar-refractivity contribution in [2.24, 2.45) is 5.41 Å². The normalized spacial score (nSPS) is 17.7. The summed E-state index contributed by atoms with van der Waals surface area (Å²) in [6.07, 6.45) is 1.54. The van der Waals surface area contributed by atoms with E-state index in [1.165, 1.54) is 12.1 Å². The summed E-state index contributed by atoms with van der Waals surface area (Å²) < 4.78 is 39.7. The number of aliphatic hydroxyl groups is 1. The summed E-state index contributed by atoms with van der Waals surface area (Å²) in [6, 6.07) is 3.81. The summed E-state index contributed by atoms with van der Waals surface area (Å²) in [7, 11) is -3.94. The molecule has 7 heteroatoms. The van der Waals surface area contributed by atoms with Gasteiger partial charge in [-0.25, -0.2) is 17.5 Å². The Balaban J connectivity index is 2.18. The molecule has 1 aliphatic rings. The van der Waals surface area contributed by atoms with Gasteiger partial charge in [0.05, 0.1) is 5.02 Å². The fraction of sp³-hybridized carbons (Fsp3) is 0.455. The minimum atomic E-state index is -3.94. The number of sulfonamides is 1. The first-order valence-electron chi connectivity index (χ1n) is 5.45. The summed E-state index contributed by atoms with van der Waals surface area (Å²) >= 11 is 5.54. The molecule has 2 N–H and O–H groups in total. The van der Waals surface area contributed by atoms with Gasteiger partial charge in [-0.2, -0.15) is 0 Å². The molecule has 0 aliphatic heterocycles. The van der Waals surface area contributed by atoms with Gasteiger partial charge in [-0.3, -0.25) is 0 Å². The molecule has 0 spiro atoms. The topological polar surface area (TPSA) is 66.4 Å². The zero-order valence-electron chi connectivity index (χ0n) is 9.49. The van der Waals surface area contributed by atoms with Crippen LogP contribution in [0.25, 0.3) is 0 Å². The van der Waals surface area contributed by atoms with Gasteiger partial charge in [0.2, 0.25) is 10.0 Å². The molecule has 1 fully saturated rings. The standard InChI is InChI=1S/C11H13ClFNO3S/c12-8-2-1-3-9(10(8)13)18(16,17)14-6-11(7-15)4-5-11/h1-3,14-15H,4-7H2. The molecule has 0 amide bonds. The van der Waals surface area contributed by atoms with Gasteiger partial charge in [-0.15, -0.1) is 0 Å². The van der Waals surface area contributed by atoms with Crippen LogP contribution < -0.4 is 4.72 Å². The van der Waals surface area contributed by atoms with E-state index < -0.39 is 20.7 Å². The molecule has 1 aliphatic carbocycles. The van der Waals surface area contributed by atoms with Gasteiger partial charge < -0.3 is 5.11 Å². The van der Waals surface area contributed by atoms with E-state index in [1.54, 1.807) is 0 Å². The Morgan fingerprint density at radius 1 is 1.44 bits per heavy atom. The first-order chi connectivity index (χ1) is 8.40. The van der Waals surface area contributed by atoms with Crippen molar-refractivity contribution >= 4 is 21.6 Å². The Bertz CT molecular complexity index is 557. The molecule has 18 heavy (non-hydrogen) atoms. The van der Waals surface area contributed by atoms with E-state index in [1.807, 2.05) is 0 Å². The molecular formula is C11H13ClFNO3S. The summed E-state index contributed by atoms with van der Waals surface area (Å²) in [5, 5.41) is 8.86. The maximum absolute atomic E-state index is 13.6. The van der Waals surface area contributed by atoms with Crippen molar-refractivity contribution in [1.82, 2.24) is 4.72 Å². The summed E-state index contributed by atoms with van der Waals surface area (Å²) in [5.74, 6) is -0.958. The van der Waals surface area contributed by atoms with E-state index in [-0.39, 0.29) is 23.6 Å². The Morgan fingerprint density at radius 3 is 2.67 bits per heavy atom. The van der Waals surface area contributed by atoms with Crippen molar-refractivity contribution in [1.29, 1.82) is 0 Å². The second-order valence-electron chi connectivity index (χ2n) is 4.53. The van der Waals surface area contributed by atoms with E-state index in [4.69, 9.17) is 16.7 Å². The zero-order valence-corrected chi connectivity index (χ0v) is 11.1. The van der Waals surface area contributed by atoms with Crippen LogP contribution in [0.5, 0.6) is 0 Å². The van der Waals surface area contributed by atoms with Crippen LogP contribution in [0.15, 0.2) is 23.1 Å². The molecule has 100 valence electrons. The Hall–Kier alpha value is -0.690. The summed E-state index contributed by atoms with van der Waals surface area (Å²) in [5.41, 5.74) is -0.373. The second kappa shape index (κ2) is 4.77. The zero-order chi connectivity index (χ0) is 13.4. The molecule has 0 bridgehead atoms. The average Bonchev–Trinajstić information content (AvgIpc) is 3.11. The number of hydrogen-bond donors (Lipinski definition) is 2. The molecule has 4 nitrogen and oxygen atoms in total. The smallest absolute Gasteiger partial charge is 0.243 e. The van der Waals surface area contributed by atoms with Crippen LogP contribution in [0.1, 0.15) is 12.8 Å². The third-order valence-corrected chi connectivity index (χ3v) is 4.85. The lowest BCUT2D eigenvalue weighted by Crippen LogP contribution is -2.32. The largest absolute Gasteiger partial charge is 0.396 e. The number of hydrogen-bond acceptors (Lipinski definition) is 3. The van der Waals surface area contributed by atoms with Crippen molar-refractivity contribution in [3.05, 3.63) is 29.0 Å². The highest BCUT2D eigenvalue weighted by atomic mass is 35.5. The number of halogens is 2. The second-order valence-corrected chi connectivity index (χ2v) is 6.68. The van der Waals surface area contributed by atoms with Crippen LogP contribution in [-0.4, -0.2) is 26.7 Å². The SMILES string of the molecule is O=S(=O)(NCC1(CO)CC1)c1cccc(Cl)c1F. The number of benzene rings is 1. The predicted octanol–water partition coefficient (Wildman–Crippen LogP) is 1.53. The lowest BCUT2D eigenvalue weighted by atomic mass is 10.1. The van der Waals surface area contributed by atoms with Crippen molar-refractivity contribution < 1.29 is 17.9 Å². The van der Waals surface area contributed by atoms with Gasteiger partial charge >= 0.3 is 0 Å². The lowest BCUT2D eigenvalue weighted by Gasteiger charge is -2.13. The van der Waals surface area contributed by atoms with Crippen molar-refractivity contribution in [2.75, 3.05) is 13.2 Å². The van der Waals surface area contributed by atoms with Crippen LogP contribution in [0.3, 0.4) is 0 Å². The fourth-order valence-electron chi connectivity index (χ4n) is 1.58. The van der Waals surface area contributed by atoms with Crippen LogP contribution in [0, 0.1) is 11.2 Å². The highest BCUT2D eigenvalue weighted by molar-refractivity contribution is 7.89. The maximum atomic E-state index is 13.6. The molecule has 1 aromatic carbocycles. The molecule has 0 aromatic heterocycles. The monoisotopic (exact) mass is 293 g/mol. The lowest BCUT2D eigenvalue weighted by molar-refractivity contribution is 0.213. The van der Waals surface area contributed by atoms with Gasteiger partial charge in [0.15, 0.2) is 5.82 Å². The van der Waals surface area contributed by atoms with E-state index in [0.29, 0.717) is 0 Å². The Labute approximate surface area is 110 Å².